The summed E-state index contributed by atoms with van der Waals surface area (Å²) in [6.07, 6.45) is 0.380. The van der Waals surface area contributed by atoms with Crippen molar-refractivity contribution in [3.8, 4) is 22.8 Å². The van der Waals surface area contributed by atoms with Gasteiger partial charge in [-0.05, 0) is 37.3 Å². The molecule has 5 rings (SSSR count). The molecular weight excluding hydrogens is 396 g/mol. The minimum absolute atomic E-state index is 0.110. The number of hydrogen-bond acceptors (Lipinski definition) is 7. The lowest BCUT2D eigenvalue weighted by Crippen LogP contribution is -2.41. The van der Waals surface area contributed by atoms with E-state index >= 15 is 0 Å². The summed E-state index contributed by atoms with van der Waals surface area (Å²) < 4.78 is 12.5. The molecule has 158 valence electrons. The molecule has 0 saturated carbocycles. The van der Waals surface area contributed by atoms with Crippen LogP contribution in [-0.2, 0) is 16.1 Å². The zero-order chi connectivity index (χ0) is 21.2. The van der Waals surface area contributed by atoms with E-state index in [9.17, 15) is 4.79 Å². The SMILES string of the molecule is Cc1cccc(-c2nc(-c3ccc4c(c3)nnn4CCC(=O)N3CCOCC3)no2)c1. The fraction of sp³-hybridized carbons (Fsp3) is 0.318. The molecule has 3 heterocycles. The number of carbonyl (C=O) groups is 1. The Morgan fingerprint density at radius 3 is 2.81 bits per heavy atom. The molecule has 0 radical (unpaired) electrons. The van der Waals surface area contributed by atoms with Gasteiger partial charge in [-0.3, -0.25) is 4.79 Å². The predicted octanol–water partition coefficient (Wildman–Crippen LogP) is 2.71. The van der Waals surface area contributed by atoms with Crippen molar-refractivity contribution in [2.45, 2.75) is 19.9 Å². The second-order valence-corrected chi connectivity index (χ2v) is 7.55. The van der Waals surface area contributed by atoms with Crippen LogP contribution in [0.2, 0.25) is 0 Å². The molecule has 0 bridgehead atoms. The lowest BCUT2D eigenvalue weighted by molar-refractivity contribution is -0.135. The average molecular weight is 418 g/mol. The van der Waals surface area contributed by atoms with Gasteiger partial charge in [0, 0.05) is 30.6 Å². The van der Waals surface area contributed by atoms with Crippen molar-refractivity contribution < 1.29 is 14.1 Å². The van der Waals surface area contributed by atoms with Gasteiger partial charge in [-0.25, -0.2) is 4.68 Å². The summed E-state index contributed by atoms with van der Waals surface area (Å²) in [7, 11) is 0. The fourth-order valence-corrected chi connectivity index (χ4v) is 3.68. The van der Waals surface area contributed by atoms with Gasteiger partial charge < -0.3 is 14.2 Å². The summed E-state index contributed by atoms with van der Waals surface area (Å²) in [6, 6.07) is 13.6. The van der Waals surface area contributed by atoms with Crippen LogP contribution in [0.15, 0.2) is 47.0 Å². The average Bonchev–Trinajstić information content (AvgIpc) is 3.45. The van der Waals surface area contributed by atoms with Gasteiger partial charge in [0.05, 0.1) is 25.3 Å². The van der Waals surface area contributed by atoms with E-state index in [4.69, 9.17) is 9.26 Å². The molecule has 1 aliphatic rings. The summed E-state index contributed by atoms with van der Waals surface area (Å²) in [5, 5.41) is 12.6. The summed E-state index contributed by atoms with van der Waals surface area (Å²) in [6.45, 7) is 4.99. The van der Waals surface area contributed by atoms with Gasteiger partial charge in [-0.2, -0.15) is 4.98 Å². The Bertz CT molecular complexity index is 1220. The van der Waals surface area contributed by atoms with Crippen LogP contribution in [0.1, 0.15) is 12.0 Å². The van der Waals surface area contributed by atoms with E-state index in [0.717, 1.165) is 27.7 Å². The predicted molar refractivity (Wildman–Crippen MR) is 113 cm³/mol. The second-order valence-electron chi connectivity index (χ2n) is 7.55. The molecule has 1 aliphatic heterocycles. The van der Waals surface area contributed by atoms with Crippen LogP contribution in [-0.4, -0.2) is 62.2 Å². The van der Waals surface area contributed by atoms with E-state index in [2.05, 4.69) is 20.5 Å². The van der Waals surface area contributed by atoms with Crippen molar-refractivity contribution in [2.75, 3.05) is 26.3 Å². The topological polar surface area (TPSA) is 99.2 Å². The number of carbonyl (C=O) groups excluding carboxylic acids is 1. The zero-order valence-electron chi connectivity index (χ0n) is 17.2. The Morgan fingerprint density at radius 1 is 1.10 bits per heavy atom. The Morgan fingerprint density at radius 2 is 1.97 bits per heavy atom. The number of rotatable bonds is 5. The molecule has 0 N–H and O–H groups in total. The molecule has 0 unspecified atom stereocenters. The van der Waals surface area contributed by atoms with Gasteiger partial charge in [-0.1, -0.05) is 28.1 Å². The third-order valence-electron chi connectivity index (χ3n) is 5.36. The molecule has 31 heavy (non-hydrogen) atoms. The Labute approximate surface area is 178 Å². The molecule has 9 heteroatoms. The van der Waals surface area contributed by atoms with Crippen LogP contribution in [0.25, 0.3) is 33.9 Å². The minimum Gasteiger partial charge on any atom is -0.378 e. The van der Waals surface area contributed by atoms with E-state index in [1.807, 2.05) is 54.3 Å². The number of hydrogen-bond donors (Lipinski definition) is 0. The first-order valence-corrected chi connectivity index (χ1v) is 10.3. The molecule has 2 aromatic carbocycles. The second kappa shape index (κ2) is 8.27. The van der Waals surface area contributed by atoms with Crippen LogP contribution >= 0.6 is 0 Å². The summed E-state index contributed by atoms with van der Waals surface area (Å²) in [4.78, 5) is 18.8. The molecule has 1 saturated heterocycles. The Hall–Kier alpha value is -3.59. The molecule has 0 aliphatic carbocycles. The van der Waals surface area contributed by atoms with Crippen LogP contribution in [0.4, 0.5) is 0 Å². The maximum absolute atomic E-state index is 12.4. The molecule has 0 atom stereocenters. The standard InChI is InChI=1S/C22H22N6O3/c1-15-3-2-4-17(13-15)22-23-21(25-31-22)16-5-6-19-18(14-16)24-26-28(19)8-7-20(29)27-9-11-30-12-10-27/h2-6,13-14H,7-12H2,1H3. The fourth-order valence-electron chi connectivity index (χ4n) is 3.68. The number of benzene rings is 2. The number of ether oxygens (including phenoxy) is 1. The summed E-state index contributed by atoms with van der Waals surface area (Å²) in [5.74, 6) is 1.08. The van der Waals surface area contributed by atoms with Crippen LogP contribution in [0, 0.1) is 6.92 Å². The first-order chi connectivity index (χ1) is 15.2. The van der Waals surface area contributed by atoms with E-state index in [0.29, 0.717) is 51.0 Å². The number of aryl methyl sites for hydroxylation is 2. The van der Waals surface area contributed by atoms with Crippen LogP contribution in [0.5, 0.6) is 0 Å². The number of fused-ring (bicyclic) bond motifs is 1. The van der Waals surface area contributed by atoms with Crippen LogP contribution in [0.3, 0.4) is 0 Å². The first-order valence-electron chi connectivity index (χ1n) is 10.3. The lowest BCUT2D eigenvalue weighted by atomic mass is 10.1. The van der Waals surface area contributed by atoms with E-state index in [-0.39, 0.29) is 5.91 Å². The zero-order valence-corrected chi connectivity index (χ0v) is 17.2. The first kappa shape index (κ1) is 19.4. The van der Waals surface area contributed by atoms with Crippen LogP contribution < -0.4 is 0 Å². The maximum atomic E-state index is 12.4. The summed E-state index contributed by atoms with van der Waals surface area (Å²) in [5.41, 5.74) is 4.39. The quantitative estimate of drug-likeness (QED) is 0.491. The molecule has 4 aromatic rings. The number of amides is 1. The highest BCUT2D eigenvalue weighted by Crippen LogP contribution is 2.25. The molecule has 2 aromatic heterocycles. The van der Waals surface area contributed by atoms with Crippen molar-refractivity contribution in [2.24, 2.45) is 0 Å². The lowest BCUT2D eigenvalue weighted by Gasteiger charge is -2.26. The van der Waals surface area contributed by atoms with Gasteiger partial charge in [0.25, 0.3) is 5.89 Å². The third kappa shape index (κ3) is 4.04. The molecule has 1 fully saturated rings. The van der Waals surface area contributed by atoms with Crippen molar-refractivity contribution in [3.05, 3.63) is 48.0 Å². The van der Waals surface area contributed by atoms with Crippen molar-refractivity contribution in [1.82, 2.24) is 30.0 Å². The molecule has 1 amide bonds. The van der Waals surface area contributed by atoms with Gasteiger partial charge in [-0.15, -0.1) is 5.10 Å². The molecular formula is C22H22N6O3. The highest BCUT2D eigenvalue weighted by Gasteiger charge is 2.18. The largest absolute Gasteiger partial charge is 0.378 e. The highest BCUT2D eigenvalue weighted by atomic mass is 16.5. The normalized spacial score (nSPS) is 14.3. The van der Waals surface area contributed by atoms with Gasteiger partial charge in [0.1, 0.15) is 5.52 Å². The van der Waals surface area contributed by atoms with Gasteiger partial charge in [0.15, 0.2) is 0 Å². The van der Waals surface area contributed by atoms with Gasteiger partial charge >= 0.3 is 0 Å². The molecule has 0 spiro atoms. The monoisotopic (exact) mass is 418 g/mol. The number of nitrogens with zero attached hydrogens (tertiary/aromatic N) is 6. The Kier molecular flexibility index (Phi) is 5.17. The van der Waals surface area contributed by atoms with E-state index in [1.165, 1.54) is 0 Å². The number of aromatic nitrogens is 5. The summed E-state index contributed by atoms with van der Waals surface area (Å²) >= 11 is 0. The minimum atomic E-state index is 0.110. The molecule has 9 nitrogen and oxygen atoms in total. The highest BCUT2D eigenvalue weighted by molar-refractivity contribution is 5.80. The third-order valence-corrected chi connectivity index (χ3v) is 5.36. The van der Waals surface area contributed by atoms with E-state index in [1.54, 1.807) is 4.68 Å². The van der Waals surface area contributed by atoms with Crippen molar-refractivity contribution in [3.63, 3.8) is 0 Å². The van der Waals surface area contributed by atoms with Crippen molar-refractivity contribution >= 4 is 16.9 Å². The van der Waals surface area contributed by atoms with Gasteiger partial charge in [0.2, 0.25) is 11.7 Å². The maximum Gasteiger partial charge on any atom is 0.258 e. The Balaban J connectivity index is 1.32. The number of morpholine rings is 1. The smallest absolute Gasteiger partial charge is 0.258 e. The van der Waals surface area contributed by atoms with E-state index < -0.39 is 0 Å². The van der Waals surface area contributed by atoms with Crippen molar-refractivity contribution in [1.29, 1.82) is 0 Å².